The lowest BCUT2D eigenvalue weighted by Gasteiger charge is -2.25. The zero-order chi connectivity index (χ0) is 16.5. The minimum Gasteiger partial charge on any atom is -0.325 e. The highest BCUT2D eigenvalue weighted by Crippen LogP contribution is 2.21. The van der Waals surface area contributed by atoms with Gasteiger partial charge >= 0.3 is 0 Å². The Kier molecular flexibility index (Phi) is 4.23. The third-order valence-corrected chi connectivity index (χ3v) is 3.28. The number of anilines is 1. The molecular formula is C14H19FN6O. The quantitative estimate of drug-likeness (QED) is 0.893. The molecule has 0 aliphatic heterocycles. The number of aryl methyl sites for hydroxylation is 1. The van der Waals surface area contributed by atoms with Crippen molar-refractivity contribution in [3.8, 4) is 5.69 Å². The summed E-state index contributed by atoms with van der Waals surface area (Å²) in [5, 5.41) is 13.6. The van der Waals surface area contributed by atoms with Crippen molar-refractivity contribution in [2.45, 2.75) is 33.7 Å². The number of carbonyl (C=O) groups excluding carboxylic acids is 1. The van der Waals surface area contributed by atoms with Gasteiger partial charge in [0.05, 0.1) is 6.04 Å². The van der Waals surface area contributed by atoms with Gasteiger partial charge in [0, 0.05) is 5.69 Å². The number of nitrogens with one attached hydrogen (secondary N) is 1. The summed E-state index contributed by atoms with van der Waals surface area (Å²) in [4.78, 5) is 12.1. The van der Waals surface area contributed by atoms with Crippen LogP contribution in [0.4, 0.5) is 10.1 Å². The van der Waals surface area contributed by atoms with Gasteiger partial charge in [-0.2, -0.15) is 4.68 Å². The number of nitrogens with zero attached hydrogens (tertiary/aromatic N) is 4. The van der Waals surface area contributed by atoms with E-state index in [4.69, 9.17) is 5.73 Å². The minimum absolute atomic E-state index is 0.157. The number of hydrogen-bond acceptors (Lipinski definition) is 5. The number of halogens is 1. The largest absolute Gasteiger partial charge is 0.325 e. The Hall–Kier alpha value is -2.35. The van der Waals surface area contributed by atoms with E-state index in [9.17, 15) is 9.18 Å². The fourth-order valence-electron chi connectivity index (χ4n) is 1.82. The SMILES string of the molecule is Cc1nnnn1-c1cc(NC(=O)[C@@H](N)C(C)(C)C)ccc1F. The Balaban J connectivity index is 2.28. The van der Waals surface area contributed by atoms with Crippen LogP contribution in [0.1, 0.15) is 26.6 Å². The van der Waals surface area contributed by atoms with Gasteiger partial charge in [-0.1, -0.05) is 20.8 Å². The molecule has 0 fully saturated rings. The molecule has 2 aromatic rings. The number of nitrogens with two attached hydrogens (primary N) is 1. The first-order valence-electron chi connectivity index (χ1n) is 6.81. The lowest BCUT2D eigenvalue weighted by atomic mass is 9.87. The number of benzene rings is 1. The highest BCUT2D eigenvalue weighted by Gasteiger charge is 2.27. The van der Waals surface area contributed by atoms with E-state index in [1.165, 1.54) is 22.9 Å². The van der Waals surface area contributed by atoms with E-state index in [2.05, 4.69) is 20.8 Å². The molecule has 0 aliphatic carbocycles. The zero-order valence-electron chi connectivity index (χ0n) is 13.0. The van der Waals surface area contributed by atoms with E-state index in [0.29, 0.717) is 11.5 Å². The van der Waals surface area contributed by atoms with Crippen molar-refractivity contribution < 1.29 is 9.18 Å². The first-order valence-corrected chi connectivity index (χ1v) is 6.81. The third-order valence-electron chi connectivity index (χ3n) is 3.28. The van der Waals surface area contributed by atoms with Gasteiger partial charge in [0.2, 0.25) is 5.91 Å². The Bertz CT molecular complexity index is 691. The summed E-state index contributed by atoms with van der Waals surface area (Å²) in [6.45, 7) is 7.27. The lowest BCUT2D eigenvalue weighted by molar-refractivity contribution is -0.119. The average molecular weight is 306 g/mol. The Morgan fingerprint density at radius 2 is 2.09 bits per heavy atom. The van der Waals surface area contributed by atoms with Crippen molar-refractivity contribution in [2.24, 2.45) is 11.1 Å². The van der Waals surface area contributed by atoms with Crippen LogP contribution >= 0.6 is 0 Å². The third kappa shape index (κ3) is 3.28. The fraction of sp³-hybridized carbons (Fsp3) is 0.429. The van der Waals surface area contributed by atoms with Crippen LogP contribution in [0.15, 0.2) is 18.2 Å². The zero-order valence-corrected chi connectivity index (χ0v) is 13.0. The van der Waals surface area contributed by atoms with Crippen molar-refractivity contribution in [3.63, 3.8) is 0 Å². The van der Waals surface area contributed by atoms with Crippen LogP contribution in [0.5, 0.6) is 0 Å². The molecule has 0 unspecified atom stereocenters. The van der Waals surface area contributed by atoms with Gasteiger partial charge in [0.1, 0.15) is 11.5 Å². The number of amides is 1. The predicted octanol–water partition coefficient (Wildman–Crippen LogP) is 1.42. The van der Waals surface area contributed by atoms with Crippen LogP contribution in [-0.2, 0) is 4.79 Å². The van der Waals surface area contributed by atoms with Gasteiger partial charge in [-0.25, -0.2) is 4.39 Å². The van der Waals surface area contributed by atoms with Crippen molar-refractivity contribution in [2.75, 3.05) is 5.32 Å². The van der Waals surface area contributed by atoms with Gasteiger partial charge in [-0.05, 0) is 41.0 Å². The Morgan fingerprint density at radius 3 is 2.64 bits per heavy atom. The van der Waals surface area contributed by atoms with E-state index in [1.54, 1.807) is 6.92 Å². The summed E-state index contributed by atoms with van der Waals surface area (Å²) in [7, 11) is 0. The monoisotopic (exact) mass is 306 g/mol. The topological polar surface area (TPSA) is 98.7 Å². The van der Waals surface area contributed by atoms with Crippen LogP contribution < -0.4 is 11.1 Å². The van der Waals surface area contributed by atoms with Crippen LogP contribution in [-0.4, -0.2) is 32.2 Å². The molecule has 0 aliphatic rings. The maximum Gasteiger partial charge on any atom is 0.241 e. The average Bonchev–Trinajstić information content (AvgIpc) is 2.85. The van der Waals surface area contributed by atoms with Crippen LogP contribution in [0.2, 0.25) is 0 Å². The molecule has 3 N–H and O–H groups in total. The second-order valence-corrected chi connectivity index (χ2v) is 6.14. The summed E-state index contributed by atoms with van der Waals surface area (Å²) in [5.41, 5.74) is 6.11. The van der Waals surface area contributed by atoms with E-state index in [1.807, 2.05) is 20.8 Å². The normalized spacial score (nSPS) is 13.0. The van der Waals surface area contributed by atoms with Crippen LogP contribution in [0.25, 0.3) is 5.69 Å². The number of aromatic nitrogens is 4. The van der Waals surface area contributed by atoms with E-state index >= 15 is 0 Å². The highest BCUT2D eigenvalue weighted by molar-refractivity contribution is 5.95. The number of tetrazole rings is 1. The van der Waals surface area contributed by atoms with Crippen LogP contribution in [0, 0.1) is 18.2 Å². The van der Waals surface area contributed by atoms with Crippen molar-refractivity contribution in [3.05, 3.63) is 29.8 Å². The van der Waals surface area contributed by atoms with Gasteiger partial charge in [0.25, 0.3) is 0 Å². The van der Waals surface area contributed by atoms with E-state index in [-0.39, 0.29) is 17.0 Å². The molecule has 8 heteroatoms. The summed E-state index contributed by atoms with van der Waals surface area (Å²) >= 11 is 0. The molecule has 0 bridgehead atoms. The first kappa shape index (κ1) is 16.0. The van der Waals surface area contributed by atoms with Gasteiger partial charge in [0.15, 0.2) is 5.82 Å². The second kappa shape index (κ2) is 5.80. The van der Waals surface area contributed by atoms with Crippen molar-refractivity contribution in [1.82, 2.24) is 20.2 Å². The molecule has 1 heterocycles. The first-order chi connectivity index (χ1) is 10.2. The molecule has 118 valence electrons. The van der Waals surface area contributed by atoms with Gasteiger partial charge in [-0.15, -0.1) is 5.10 Å². The van der Waals surface area contributed by atoms with Crippen molar-refractivity contribution in [1.29, 1.82) is 0 Å². The minimum atomic E-state index is -0.684. The molecule has 1 amide bonds. The molecule has 22 heavy (non-hydrogen) atoms. The number of carbonyl (C=O) groups is 1. The summed E-state index contributed by atoms with van der Waals surface area (Å²) in [6, 6.07) is 3.49. The maximum absolute atomic E-state index is 13.9. The molecule has 7 nitrogen and oxygen atoms in total. The molecule has 1 atom stereocenters. The smallest absolute Gasteiger partial charge is 0.241 e. The van der Waals surface area contributed by atoms with Crippen LogP contribution in [0.3, 0.4) is 0 Å². The predicted molar refractivity (Wildman–Crippen MR) is 79.9 cm³/mol. The molecular weight excluding hydrogens is 287 g/mol. The Morgan fingerprint density at radius 1 is 1.41 bits per heavy atom. The maximum atomic E-state index is 13.9. The summed E-state index contributed by atoms with van der Waals surface area (Å²) in [5.74, 6) is -0.388. The highest BCUT2D eigenvalue weighted by atomic mass is 19.1. The summed E-state index contributed by atoms with van der Waals surface area (Å²) in [6.07, 6.45) is 0. The number of rotatable bonds is 3. The van der Waals surface area contributed by atoms with E-state index in [0.717, 1.165) is 0 Å². The lowest BCUT2D eigenvalue weighted by Crippen LogP contribution is -2.45. The molecule has 1 aromatic heterocycles. The van der Waals surface area contributed by atoms with Gasteiger partial charge in [-0.3, -0.25) is 4.79 Å². The number of hydrogen-bond donors (Lipinski definition) is 2. The molecule has 0 saturated heterocycles. The Labute approximate surface area is 127 Å². The molecule has 0 radical (unpaired) electrons. The second-order valence-electron chi connectivity index (χ2n) is 6.14. The molecule has 0 saturated carbocycles. The van der Waals surface area contributed by atoms with E-state index < -0.39 is 11.9 Å². The van der Waals surface area contributed by atoms with Gasteiger partial charge < -0.3 is 11.1 Å². The standard InChI is InChI=1S/C14H19FN6O/c1-8-18-19-20-21(8)11-7-9(5-6-10(11)15)17-13(22)12(16)14(2,3)4/h5-7,12H,16H2,1-4H3,(H,17,22)/t12-/m1/s1. The van der Waals surface area contributed by atoms with Crippen molar-refractivity contribution >= 4 is 11.6 Å². The molecule has 1 aromatic carbocycles. The fourth-order valence-corrected chi connectivity index (χ4v) is 1.82. The molecule has 2 rings (SSSR count). The summed E-state index contributed by atoms with van der Waals surface area (Å²) < 4.78 is 15.2. The molecule has 0 spiro atoms.